The van der Waals surface area contributed by atoms with Crippen LogP contribution in [0.5, 0.6) is 0 Å². The third-order valence-electron chi connectivity index (χ3n) is 8.72. The summed E-state index contributed by atoms with van der Waals surface area (Å²) in [4.78, 5) is 0. The molecule has 0 atom stereocenters. The highest BCUT2D eigenvalue weighted by molar-refractivity contribution is 7.20. The van der Waals surface area contributed by atoms with Crippen molar-refractivity contribution in [3.63, 3.8) is 0 Å². The molecular formula is C40H35NSi. The fraction of sp³-hybridized carbons (Fsp3) is 0.100. The van der Waals surface area contributed by atoms with Gasteiger partial charge in [0.05, 0.1) is 11.0 Å². The van der Waals surface area contributed by atoms with Crippen molar-refractivity contribution in [2.45, 2.75) is 26.2 Å². The maximum absolute atomic E-state index is 2.61. The average Bonchev–Trinajstić information content (AvgIpc) is 3.37. The van der Waals surface area contributed by atoms with E-state index >= 15 is 0 Å². The van der Waals surface area contributed by atoms with Gasteiger partial charge in [0.2, 0.25) is 0 Å². The van der Waals surface area contributed by atoms with Crippen LogP contribution < -0.4 is 20.7 Å². The first-order valence-corrected chi connectivity index (χ1v) is 16.8. The SMILES string of the molecule is CC(C)(C)c1ccc(-n2c3ccccc3c3cc([Si](c4ccccc4)(c4ccccc4)c4ccccc4)ccc32)cc1. The van der Waals surface area contributed by atoms with Gasteiger partial charge in [-0.15, -0.1) is 0 Å². The van der Waals surface area contributed by atoms with Crippen LogP contribution in [0, 0.1) is 0 Å². The Bertz CT molecular complexity index is 1880. The van der Waals surface area contributed by atoms with Gasteiger partial charge in [-0.2, -0.15) is 0 Å². The molecule has 6 aromatic carbocycles. The molecule has 2 heteroatoms. The summed E-state index contributed by atoms with van der Waals surface area (Å²) in [5, 5.41) is 8.15. The standard InChI is InChI=1S/C40H35NSi/c1-40(2,3)30-23-25-31(26-24-30)41-38-22-14-13-21-36(38)37-29-35(27-28-39(37)41)42(32-15-7-4-8-16-32,33-17-9-5-10-18-33)34-19-11-6-12-20-34/h4-29H,1-3H3. The second kappa shape index (κ2) is 10.3. The van der Waals surface area contributed by atoms with Crippen molar-refractivity contribution in [1.82, 2.24) is 4.57 Å². The molecular weight excluding hydrogens is 523 g/mol. The van der Waals surface area contributed by atoms with Crippen molar-refractivity contribution < 1.29 is 0 Å². The molecule has 0 saturated heterocycles. The predicted molar refractivity (Wildman–Crippen MR) is 183 cm³/mol. The Morgan fingerprint density at radius 2 is 0.905 bits per heavy atom. The molecule has 0 bridgehead atoms. The highest BCUT2D eigenvalue weighted by Crippen LogP contribution is 2.33. The number of benzene rings is 6. The molecule has 0 fully saturated rings. The van der Waals surface area contributed by atoms with Gasteiger partial charge in [-0.25, -0.2) is 0 Å². The Kier molecular flexibility index (Phi) is 6.44. The minimum absolute atomic E-state index is 0.120. The van der Waals surface area contributed by atoms with E-state index in [1.54, 1.807) is 0 Å². The molecule has 7 rings (SSSR count). The van der Waals surface area contributed by atoms with Crippen LogP contribution >= 0.6 is 0 Å². The van der Waals surface area contributed by atoms with Crippen LogP contribution in [0.15, 0.2) is 158 Å². The van der Waals surface area contributed by atoms with E-state index in [2.05, 4.69) is 183 Å². The molecule has 1 nitrogen and oxygen atoms in total. The van der Waals surface area contributed by atoms with Gasteiger partial charge in [-0.1, -0.05) is 154 Å². The summed E-state index contributed by atoms with van der Waals surface area (Å²) in [6.07, 6.45) is 0. The Balaban J connectivity index is 1.54. The first-order valence-electron chi connectivity index (χ1n) is 14.8. The third kappa shape index (κ3) is 4.22. The molecule has 0 spiro atoms. The van der Waals surface area contributed by atoms with E-state index in [-0.39, 0.29) is 5.41 Å². The molecule has 7 aromatic rings. The fourth-order valence-electron chi connectivity index (χ4n) is 6.66. The number of para-hydroxylation sites is 1. The Hall–Kier alpha value is -4.66. The van der Waals surface area contributed by atoms with Gasteiger partial charge in [0, 0.05) is 16.5 Å². The van der Waals surface area contributed by atoms with E-state index in [0.717, 1.165) is 0 Å². The first kappa shape index (κ1) is 26.2. The van der Waals surface area contributed by atoms with Gasteiger partial charge in [-0.3, -0.25) is 0 Å². The summed E-state index contributed by atoms with van der Waals surface area (Å²) >= 11 is 0. The molecule has 0 radical (unpaired) electrons. The number of hydrogen-bond donors (Lipinski definition) is 0. The van der Waals surface area contributed by atoms with Crippen LogP contribution in [0.25, 0.3) is 27.5 Å². The molecule has 1 aromatic heterocycles. The summed E-state index contributed by atoms with van der Waals surface area (Å²) < 4.78 is 2.43. The molecule has 42 heavy (non-hydrogen) atoms. The topological polar surface area (TPSA) is 4.93 Å². The summed E-state index contributed by atoms with van der Waals surface area (Å²) in [5.74, 6) is 0. The van der Waals surface area contributed by atoms with Crippen LogP contribution in [0.2, 0.25) is 0 Å². The van der Waals surface area contributed by atoms with Crippen molar-refractivity contribution in [2.75, 3.05) is 0 Å². The lowest BCUT2D eigenvalue weighted by Crippen LogP contribution is -2.74. The summed E-state index contributed by atoms with van der Waals surface area (Å²) in [7, 11) is -2.61. The Morgan fingerprint density at radius 3 is 1.43 bits per heavy atom. The predicted octanol–water partition coefficient (Wildman–Crippen LogP) is 7.46. The van der Waals surface area contributed by atoms with Crippen LogP contribution in [0.1, 0.15) is 26.3 Å². The van der Waals surface area contributed by atoms with Crippen LogP contribution in [-0.2, 0) is 5.41 Å². The average molecular weight is 558 g/mol. The monoisotopic (exact) mass is 557 g/mol. The highest BCUT2D eigenvalue weighted by Gasteiger charge is 2.41. The van der Waals surface area contributed by atoms with Gasteiger partial charge < -0.3 is 4.57 Å². The fourth-order valence-corrected chi connectivity index (χ4v) is 11.4. The zero-order valence-electron chi connectivity index (χ0n) is 24.5. The van der Waals surface area contributed by atoms with Crippen LogP contribution in [0.3, 0.4) is 0 Å². The number of aromatic nitrogens is 1. The first-order chi connectivity index (χ1) is 20.5. The van der Waals surface area contributed by atoms with Crippen molar-refractivity contribution in [2.24, 2.45) is 0 Å². The molecule has 0 aliphatic heterocycles. The molecule has 204 valence electrons. The van der Waals surface area contributed by atoms with Crippen LogP contribution in [0.4, 0.5) is 0 Å². The second-order valence-corrected chi connectivity index (χ2v) is 16.0. The molecule has 0 aliphatic rings. The summed E-state index contributed by atoms with van der Waals surface area (Å²) in [5.41, 5.74) is 5.13. The van der Waals surface area contributed by atoms with Gasteiger partial charge >= 0.3 is 0 Å². The second-order valence-electron chi connectivity index (χ2n) is 12.2. The van der Waals surface area contributed by atoms with E-state index in [0.29, 0.717) is 0 Å². The minimum Gasteiger partial charge on any atom is -0.309 e. The Labute approximate surface area is 249 Å². The van der Waals surface area contributed by atoms with Crippen molar-refractivity contribution in [3.8, 4) is 5.69 Å². The van der Waals surface area contributed by atoms with E-state index in [9.17, 15) is 0 Å². The molecule has 0 amide bonds. The van der Waals surface area contributed by atoms with E-state index in [1.807, 2.05) is 0 Å². The maximum atomic E-state index is 2.50. The van der Waals surface area contributed by atoms with Crippen LogP contribution in [-0.4, -0.2) is 12.6 Å². The third-order valence-corrected chi connectivity index (χ3v) is 13.5. The smallest absolute Gasteiger partial charge is 0.179 e. The van der Waals surface area contributed by atoms with E-state index in [1.165, 1.54) is 53.8 Å². The van der Waals surface area contributed by atoms with Crippen molar-refractivity contribution >= 4 is 50.6 Å². The summed E-state index contributed by atoms with van der Waals surface area (Å²) in [6.45, 7) is 6.81. The number of nitrogens with zero attached hydrogens (tertiary/aromatic N) is 1. The highest BCUT2D eigenvalue weighted by atomic mass is 28.3. The number of fused-ring (bicyclic) bond motifs is 3. The Morgan fingerprint density at radius 1 is 0.429 bits per heavy atom. The zero-order chi connectivity index (χ0) is 28.7. The number of rotatable bonds is 5. The van der Waals surface area contributed by atoms with Gasteiger partial charge in [-0.05, 0) is 56.0 Å². The maximum Gasteiger partial charge on any atom is 0.179 e. The lowest BCUT2D eigenvalue weighted by molar-refractivity contribution is 0.590. The largest absolute Gasteiger partial charge is 0.309 e. The molecule has 0 aliphatic carbocycles. The lowest BCUT2D eigenvalue weighted by atomic mass is 9.87. The quantitative estimate of drug-likeness (QED) is 0.153. The van der Waals surface area contributed by atoms with Gasteiger partial charge in [0.25, 0.3) is 0 Å². The van der Waals surface area contributed by atoms with Gasteiger partial charge in [0.15, 0.2) is 8.07 Å². The van der Waals surface area contributed by atoms with E-state index < -0.39 is 8.07 Å². The molecule has 1 heterocycles. The van der Waals surface area contributed by atoms with Crippen molar-refractivity contribution in [1.29, 1.82) is 0 Å². The van der Waals surface area contributed by atoms with E-state index in [4.69, 9.17) is 0 Å². The lowest BCUT2D eigenvalue weighted by Gasteiger charge is -2.34. The minimum atomic E-state index is -2.61. The number of hydrogen-bond acceptors (Lipinski definition) is 0. The van der Waals surface area contributed by atoms with Crippen molar-refractivity contribution in [3.05, 3.63) is 163 Å². The summed E-state index contributed by atoms with van der Waals surface area (Å²) in [6, 6.07) is 58.7. The molecule has 0 N–H and O–H groups in total. The van der Waals surface area contributed by atoms with Gasteiger partial charge in [0.1, 0.15) is 0 Å². The normalized spacial score (nSPS) is 12.2. The molecule has 0 saturated carbocycles. The molecule has 0 unspecified atom stereocenters. The zero-order valence-corrected chi connectivity index (χ0v) is 25.5.